The summed E-state index contributed by atoms with van der Waals surface area (Å²) in [5.74, 6) is 1.02. The van der Waals surface area contributed by atoms with Gasteiger partial charge in [0.2, 0.25) is 0 Å². The lowest BCUT2D eigenvalue weighted by molar-refractivity contribution is -0.138. The molecule has 0 amide bonds. The van der Waals surface area contributed by atoms with Gasteiger partial charge in [-0.05, 0) is 62.3 Å². The van der Waals surface area contributed by atoms with Gasteiger partial charge in [-0.2, -0.15) is 0 Å². The Morgan fingerprint density at radius 3 is 2.33 bits per heavy atom. The molecule has 1 atom stereocenters. The van der Waals surface area contributed by atoms with Crippen molar-refractivity contribution >= 4 is 5.97 Å². The van der Waals surface area contributed by atoms with Crippen molar-refractivity contribution in [2.75, 3.05) is 13.1 Å². The second kappa shape index (κ2) is 7.13. The number of carbonyl (C=O) groups is 1. The largest absolute Gasteiger partial charge is 0.481 e. The van der Waals surface area contributed by atoms with Crippen LogP contribution in [-0.2, 0) is 4.79 Å². The average molecular weight is 295 g/mol. The second-order valence-electron chi connectivity index (χ2n) is 8.33. The van der Waals surface area contributed by atoms with Crippen LogP contribution in [-0.4, -0.2) is 35.1 Å². The number of carboxylic acid groups (broad SMARTS) is 1. The molecule has 3 nitrogen and oxygen atoms in total. The van der Waals surface area contributed by atoms with Crippen molar-refractivity contribution in [3.05, 3.63) is 0 Å². The minimum Gasteiger partial charge on any atom is -0.481 e. The van der Waals surface area contributed by atoms with Crippen molar-refractivity contribution in [2.24, 2.45) is 17.3 Å². The predicted molar refractivity (Wildman–Crippen MR) is 86.4 cm³/mol. The van der Waals surface area contributed by atoms with Gasteiger partial charge >= 0.3 is 5.97 Å². The number of rotatable bonds is 4. The topological polar surface area (TPSA) is 40.5 Å². The van der Waals surface area contributed by atoms with E-state index in [1.165, 1.54) is 38.5 Å². The van der Waals surface area contributed by atoms with Gasteiger partial charge in [-0.15, -0.1) is 0 Å². The Hall–Kier alpha value is -0.570. The summed E-state index contributed by atoms with van der Waals surface area (Å²) in [6, 6.07) is 0.289. The number of likely N-dealkylation sites (tertiary alicyclic amines) is 1. The van der Waals surface area contributed by atoms with E-state index in [1.807, 2.05) is 0 Å². The first-order chi connectivity index (χ1) is 9.86. The zero-order valence-electron chi connectivity index (χ0n) is 14.1. The van der Waals surface area contributed by atoms with Crippen LogP contribution in [0.2, 0.25) is 0 Å². The zero-order valence-corrected chi connectivity index (χ0v) is 14.1. The highest BCUT2D eigenvalue weighted by Gasteiger charge is 2.32. The maximum atomic E-state index is 11.0. The molecule has 1 aliphatic carbocycles. The van der Waals surface area contributed by atoms with E-state index < -0.39 is 5.97 Å². The van der Waals surface area contributed by atoms with E-state index in [4.69, 9.17) is 5.11 Å². The summed E-state index contributed by atoms with van der Waals surface area (Å²) in [7, 11) is 0. The third-order valence-electron chi connectivity index (χ3n) is 5.72. The van der Waals surface area contributed by atoms with Gasteiger partial charge in [0.1, 0.15) is 0 Å². The van der Waals surface area contributed by atoms with Crippen molar-refractivity contribution < 1.29 is 9.90 Å². The molecule has 1 saturated carbocycles. The third kappa shape index (κ3) is 4.98. The molecule has 122 valence electrons. The van der Waals surface area contributed by atoms with Gasteiger partial charge in [-0.25, -0.2) is 0 Å². The van der Waals surface area contributed by atoms with Crippen LogP contribution in [0.15, 0.2) is 0 Å². The Bertz CT molecular complexity index is 340. The quantitative estimate of drug-likeness (QED) is 0.846. The third-order valence-corrected chi connectivity index (χ3v) is 5.72. The van der Waals surface area contributed by atoms with Crippen LogP contribution in [0, 0.1) is 17.3 Å². The van der Waals surface area contributed by atoms with Crippen molar-refractivity contribution in [2.45, 2.75) is 78.2 Å². The van der Waals surface area contributed by atoms with Gasteiger partial charge in [0.25, 0.3) is 0 Å². The smallest absolute Gasteiger partial charge is 0.304 e. The molecule has 2 fully saturated rings. The van der Waals surface area contributed by atoms with Gasteiger partial charge in [0.15, 0.2) is 0 Å². The summed E-state index contributed by atoms with van der Waals surface area (Å²) in [6.07, 6.45) is 9.22. The molecule has 2 aliphatic rings. The standard InChI is InChI=1S/C18H33NO2/c1-18(2,3)15-9-7-14(8-10-15)13-19-11-5-4-6-16(19)12-17(20)21/h14-16H,4-13H2,1-3H3,(H,20,21). The highest BCUT2D eigenvalue weighted by Crippen LogP contribution is 2.40. The van der Waals surface area contributed by atoms with E-state index in [2.05, 4.69) is 25.7 Å². The van der Waals surface area contributed by atoms with E-state index in [-0.39, 0.29) is 6.04 Å². The minimum atomic E-state index is -0.636. The van der Waals surface area contributed by atoms with Gasteiger partial charge in [-0.3, -0.25) is 9.69 Å². The molecule has 1 heterocycles. The lowest BCUT2D eigenvalue weighted by Crippen LogP contribution is -2.44. The summed E-state index contributed by atoms with van der Waals surface area (Å²) < 4.78 is 0. The Kier molecular flexibility index (Phi) is 5.70. The molecule has 1 N–H and O–H groups in total. The molecule has 2 rings (SSSR count). The summed E-state index contributed by atoms with van der Waals surface area (Å²) in [6.45, 7) is 9.34. The fourth-order valence-electron chi connectivity index (χ4n) is 4.28. The number of hydrogen-bond donors (Lipinski definition) is 1. The molecular formula is C18H33NO2. The van der Waals surface area contributed by atoms with E-state index in [1.54, 1.807) is 0 Å². The molecule has 0 bridgehead atoms. The molecule has 0 aromatic carbocycles. The highest BCUT2D eigenvalue weighted by molar-refractivity contribution is 5.67. The van der Waals surface area contributed by atoms with Gasteiger partial charge in [-0.1, -0.05) is 27.2 Å². The molecule has 1 aliphatic heterocycles. The van der Waals surface area contributed by atoms with Crippen molar-refractivity contribution in [1.29, 1.82) is 0 Å². The first kappa shape index (κ1) is 16.8. The van der Waals surface area contributed by atoms with Gasteiger partial charge in [0.05, 0.1) is 6.42 Å². The Labute approximate surface area is 130 Å². The lowest BCUT2D eigenvalue weighted by Gasteiger charge is -2.41. The van der Waals surface area contributed by atoms with Crippen LogP contribution in [0.1, 0.15) is 72.1 Å². The second-order valence-corrected chi connectivity index (χ2v) is 8.33. The Morgan fingerprint density at radius 2 is 1.76 bits per heavy atom. The lowest BCUT2D eigenvalue weighted by atomic mass is 9.69. The monoisotopic (exact) mass is 295 g/mol. The zero-order chi connectivity index (χ0) is 15.5. The van der Waals surface area contributed by atoms with Crippen LogP contribution in [0.25, 0.3) is 0 Å². The maximum Gasteiger partial charge on any atom is 0.304 e. The van der Waals surface area contributed by atoms with Crippen LogP contribution >= 0.6 is 0 Å². The first-order valence-corrected chi connectivity index (χ1v) is 8.82. The number of nitrogens with zero attached hydrogens (tertiary/aromatic N) is 1. The number of aliphatic carboxylic acids is 1. The van der Waals surface area contributed by atoms with Crippen LogP contribution in [0.5, 0.6) is 0 Å². The van der Waals surface area contributed by atoms with Gasteiger partial charge in [0, 0.05) is 12.6 Å². The molecule has 1 unspecified atom stereocenters. The van der Waals surface area contributed by atoms with Gasteiger partial charge < -0.3 is 5.11 Å². The molecular weight excluding hydrogens is 262 g/mol. The Balaban J connectivity index is 1.82. The average Bonchev–Trinajstić information content (AvgIpc) is 2.40. The van der Waals surface area contributed by atoms with E-state index in [0.717, 1.165) is 31.3 Å². The molecule has 3 heteroatoms. The normalized spacial score (nSPS) is 32.0. The Morgan fingerprint density at radius 1 is 1.10 bits per heavy atom. The number of hydrogen-bond acceptors (Lipinski definition) is 2. The van der Waals surface area contributed by atoms with Crippen molar-refractivity contribution in [1.82, 2.24) is 4.90 Å². The van der Waals surface area contributed by atoms with Crippen LogP contribution in [0.3, 0.4) is 0 Å². The molecule has 0 spiro atoms. The van der Waals surface area contributed by atoms with Crippen LogP contribution in [0.4, 0.5) is 0 Å². The summed E-state index contributed by atoms with van der Waals surface area (Å²) in [4.78, 5) is 13.5. The fraction of sp³-hybridized carbons (Fsp3) is 0.944. The highest BCUT2D eigenvalue weighted by atomic mass is 16.4. The van der Waals surface area contributed by atoms with Crippen molar-refractivity contribution in [3.8, 4) is 0 Å². The predicted octanol–water partition coefficient (Wildman–Crippen LogP) is 4.17. The van der Waals surface area contributed by atoms with Crippen LogP contribution < -0.4 is 0 Å². The maximum absolute atomic E-state index is 11.0. The molecule has 21 heavy (non-hydrogen) atoms. The SMILES string of the molecule is CC(C)(C)C1CCC(CN2CCCCC2CC(=O)O)CC1. The van der Waals surface area contributed by atoms with E-state index in [9.17, 15) is 4.79 Å². The first-order valence-electron chi connectivity index (χ1n) is 8.82. The van der Waals surface area contributed by atoms with E-state index in [0.29, 0.717) is 11.8 Å². The molecule has 0 aromatic rings. The minimum absolute atomic E-state index is 0.289. The van der Waals surface area contributed by atoms with Crippen molar-refractivity contribution in [3.63, 3.8) is 0 Å². The summed E-state index contributed by atoms with van der Waals surface area (Å²) in [5, 5.41) is 9.09. The van der Waals surface area contributed by atoms with E-state index >= 15 is 0 Å². The molecule has 0 radical (unpaired) electrons. The summed E-state index contributed by atoms with van der Waals surface area (Å²) in [5.41, 5.74) is 0.446. The molecule has 1 saturated heterocycles. The number of piperidine rings is 1. The fourth-order valence-corrected chi connectivity index (χ4v) is 4.28. The summed E-state index contributed by atoms with van der Waals surface area (Å²) >= 11 is 0. The molecule has 0 aromatic heterocycles. The number of carboxylic acids is 1.